The fourth-order valence-electron chi connectivity index (χ4n) is 2.11. The van der Waals surface area contributed by atoms with Crippen molar-refractivity contribution in [1.29, 1.82) is 0 Å². The van der Waals surface area contributed by atoms with Crippen molar-refractivity contribution < 1.29 is 0 Å². The summed E-state index contributed by atoms with van der Waals surface area (Å²) in [6, 6.07) is 10.6. The number of hydrogen-bond donors (Lipinski definition) is 1. The van der Waals surface area contributed by atoms with E-state index in [4.69, 9.17) is 0 Å². The maximum absolute atomic E-state index is 4.49. The molecule has 1 aromatic heterocycles. The Morgan fingerprint density at radius 2 is 2.00 bits per heavy atom. The van der Waals surface area contributed by atoms with Gasteiger partial charge in [-0.2, -0.15) is 15.0 Å². The van der Waals surface area contributed by atoms with E-state index in [-0.39, 0.29) is 0 Å². The Labute approximate surface area is 114 Å². The summed E-state index contributed by atoms with van der Waals surface area (Å²) < 4.78 is 0. The molecule has 2 aromatic rings. The van der Waals surface area contributed by atoms with Crippen LogP contribution in [0.3, 0.4) is 0 Å². The van der Waals surface area contributed by atoms with Gasteiger partial charge in [-0.1, -0.05) is 38.5 Å². The van der Waals surface area contributed by atoms with E-state index in [2.05, 4.69) is 29.4 Å². The molecular weight excluding hydrogens is 236 g/mol. The molecule has 0 fully saturated rings. The van der Waals surface area contributed by atoms with Crippen LogP contribution in [0.2, 0.25) is 0 Å². The first-order valence-electron chi connectivity index (χ1n) is 7.03. The highest BCUT2D eigenvalue weighted by Gasteiger charge is 2.06. The predicted molar refractivity (Wildman–Crippen MR) is 77.2 cm³/mol. The van der Waals surface area contributed by atoms with E-state index >= 15 is 0 Å². The Balaban J connectivity index is 1.94. The van der Waals surface area contributed by atoms with E-state index in [1.165, 1.54) is 12.8 Å². The molecule has 0 aliphatic heterocycles. The molecule has 0 saturated carbocycles. The third-order valence-electron chi connectivity index (χ3n) is 3.23. The first kappa shape index (κ1) is 13.7. The summed E-state index contributed by atoms with van der Waals surface area (Å²) in [6.45, 7) is 5.22. The Morgan fingerprint density at radius 3 is 2.68 bits per heavy atom. The molecule has 0 aliphatic carbocycles. The monoisotopic (exact) mass is 258 g/mol. The second-order valence-electron chi connectivity index (χ2n) is 4.74. The van der Waals surface area contributed by atoms with Crippen molar-refractivity contribution in [3.05, 3.63) is 42.2 Å². The highest BCUT2D eigenvalue weighted by molar-refractivity contribution is 5.28. The van der Waals surface area contributed by atoms with E-state index in [0.717, 1.165) is 24.3 Å². The van der Waals surface area contributed by atoms with E-state index in [9.17, 15) is 0 Å². The fraction of sp³-hybridized carbons (Fsp3) is 0.467. The molecule has 0 bridgehead atoms. The normalized spacial score (nSPS) is 12.5. The van der Waals surface area contributed by atoms with Crippen molar-refractivity contribution in [3.8, 4) is 5.69 Å². The molecule has 1 N–H and O–H groups in total. The molecular formula is C15H22N4. The summed E-state index contributed by atoms with van der Waals surface area (Å²) in [4.78, 5) is 1.68. The molecule has 0 spiro atoms. The number of nitrogens with one attached hydrogen (secondary N) is 1. The summed E-state index contributed by atoms with van der Waals surface area (Å²) in [7, 11) is 0. The minimum atomic E-state index is 0.576. The second-order valence-corrected chi connectivity index (χ2v) is 4.74. The van der Waals surface area contributed by atoms with Gasteiger partial charge in [-0.05, 0) is 25.0 Å². The van der Waals surface area contributed by atoms with Gasteiger partial charge in [0.2, 0.25) is 0 Å². The van der Waals surface area contributed by atoms with Crippen molar-refractivity contribution in [1.82, 2.24) is 20.3 Å². The zero-order valence-corrected chi connectivity index (χ0v) is 11.7. The topological polar surface area (TPSA) is 42.7 Å². The third-order valence-corrected chi connectivity index (χ3v) is 3.23. The van der Waals surface area contributed by atoms with Crippen LogP contribution in [0.25, 0.3) is 5.69 Å². The Morgan fingerprint density at radius 1 is 1.21 bits per heavy atom. The van der Waals surface area contributed by atoms with Crippen molar-refractivity contribution in [2.24, 2.45) is 0 Å². The molecule has 0 amide bonds. The summed E-state index contributed by atoms with van der Waals surface area (Å²) >= 11 is 0. The minimum absolute atomic E-state index is 0.576. The lowest BCUT2D eigenvalue weighted by molar-refractivity contribution is 0.458. The van der Waals surface area contributed by atoms with Crippen LogP contribution >= 0.6 is 0 Å². The number of rotatable bonds is 7. The van der Waals surface area contributed by atoms with Crippen molar-refractivity contribution in [2.75, 3.05) is 0 Å². The molecule has 0 aliphatic rings. The lowest BCUT2D eigenvalue weighted by Gasteiger charge is -2.14. The first-order chi connectivity index (χ1) is 9.33. The van der Waals surface area contributed by atoms with Gasteiger partial charge >= 0.3 is 0 Å². The van der Waals surface area contributed by atoms with E-state index in [1.807, 2.05) is 36.5 Å². The van der Waals surface area contributed by atoms with Crippen LogP contribution in [0, 0.1) is 0 Å². The summed E-state index contributed by atoms with van der Waals surface area (Å²) in [5, 5.41) is 12.3. The van der Waals surface area contributed by atoms with Crippen LogP contribution in [0.4, 0.5) is 0 Å². The standard InChI is InChI=1S/C15H22N4/c1-3-8-13(4-2)16-11-14-12-17-19(18-14)15-9-6-5-7-10-15/h5-7,9-10,12-13,16H,3-4,8,11H2,1-2H3. The second kappa shape index (κ2) is 7.04. The summed E-state index contributed by atoms with van der Waals surface area (Å²) in [5.74, 6) is 0. The van der Waals surface area contributed by atoms with E-state index < -0.39 is 0 Å². The molecule has 4 heteroatoms. The number of hydrogen-bond acceptors (Lipinski definition) is 3. The summed E-state index contributed by atoms with van der Waals surface area (Å²) in [5.41, 5.74) is 1.98. The zero-order chi connectivity index (χ0) is 13.5. The SMILES string of the molecule is CCCC(CC)NCc1cnn(-c2ccccc2)n1. The smallest absolute Gasteiger partial charge is 0.0969 e. The Kier molecular flexibility index (Phi) is 5.10. The van der Waals surface area contributed by atoms with Gasteiger partial charge in [-0.15, -0.1) is 0 Å². The van der Waals surface area contributed by atoms with Crippen LogP contribution < -0.4 is 5.32 Å². The molecule has 102 valence electrons. The van der Waals surface area contributed by atoms with E-state index in [1.54, 1.807) is 4.80 Å². The van der Waals surface area contributed by atoms with Gasteiger partial charge in [0.1, 0.15) is 0 Å². The van der Waals surface area contributed by atoms with Gasteiger partial charge in [0.05, 0.1) is 17.6 Å². The van der Waals surface area contributed by atoms with Crippen LogP contribution in [-0.2, 0) is 6.54 Å². The molecule has 2 rings (SSSR count). The van der Waals surface area contributed by atoms with Gasteiger partial charge in [-0.25, -0.2) is 0 Å². The van der Waals surface area contributed by atoms with Gasteiger partial charge in [0, 0.05) is 12.6 Å². The largest absolute Gasteiger partial charge is 0.308 e. The lowest BCUT2D eigenvalue weighted by Crippen LogP contribution is -2.27. The average molecular weight is 258 g/mol. The number of benzene rings is 1. The van der Waals surface area contributed by atoms with Gasteiger partial charge in [0.25, 0.3) is 0 Å². The lowest BCUT2D eigenvalue weighted by atomic mass is 10.1. The highest BCUT2D eigenvalue weighted by Crippen LogP contribution is 2.05. The minimum Gasteiger partial charge on any atom is -0.308 e. The molecule has 1 unspecified atom stereocenters. The zero-order valence-electron chi connectivity index (χ0n) is 11.7. The van der Waals surface area contributed by atoms with Gasteiger partial charge < -0.3 is 5.32 Å². The van der Waals surface area contributed by atoms with Crippen LogP contribution in [0.5, 0.6) is 0 Å². The maximum Gasteiger partial charge on any atom is 0.0969 e. The number of aromatic nitrogens is 3. The van der Waals surface area contributed by atoms with E-state index in [0.29, 0.717) is 6.04 Å². The van der Waals surface area contributed by atoms with Crippen molar-refractivity contribution >= 4 is 0 Å². The first-order valence-corrected chi connectivity index (χ1v) is 7.03. The molecule has 1 atom stereocenters. The number of para-hydroxylation sites is 1. The fourth-order valence-corrected chi connectivity index (χ4v) is 2.11. The van der Waals surface area contributed by atoms with Crippen molar-refractivity contribution in [3.63, 3.8) is 0 Å². The Bertz CT molecular complexity index is 478. The molecule has 19 heavy (non-hydrogen) atoms. The van der Waals surface area contributed by atoms with Gasteiger partial charge in [-0.3, -0.25) is 0 Å². The molecule has 1 heterocycles. The molecule has 1 aromatic carbocycles. The van der Waals surface area contributed by atoms with Crippen LogP contribution in [0.1, 0.15) is 38.8 Å². The third kappa shape index (κ3) is 3.89. The quantitative estimate of drug-likeness (QED) is 0.830. The van der Waals surface area contributed by atoms with Crippen LogP contribution in [-0.4, -0.2) is 21.0 Å². The average Bonchev–Trinajstić information content (AvgIpc) is 2.93. The van der Waals surface area contributed by atoms with Gasteiger partial charge in [0.15, 0.2) is 0 Å². The molecule has 0 radical (unpaired) electrons. The Hall–Kier alpha value is -1.68. The maximum atomic E-state index is 4.49. The molecule has 4 nitrogen and oxygen atoms in total. The van der Waals surface area contributed by atoms with Crippen molar-refractivity contribution in [2.45, 2.75) is 45.7 Å². The summed E-state index contributed by atoms with van der Waals surface area (Å²) in [6.07, 6.45) is 5.41. The van der Waals surface area contributed by atoms with Crippen LogP contribution in [0.15, 0.2) is 36.5 Å². The highest BCUT2D eigenvalue weighted by atomic mass is 15.5. The molecule has 0 saturated heterocycles. The predicted octanol–water partition coefficient (Wildman–Crippen LogP) is 2.94. The number of nitrogens with zero attached hydrogens (tertiary/aromatic N) is 3.